The van der Waals surface area contributed by atoms with Gasteiger partial charge in [-0.15, -0.1) is 11.6 Å². The Kier molecular flexibility index (Phi) is 2.93. The Hall–Kier alpha value is -0.740. The van der Waals surface area contributed by atoms with Crippen LogP contribution in [-0.2, 0) is 12.4 Å². The normalized spacial score (nSPS) is 10.7. The second-order valence-corrected chi connectivity index (χ2v) is 3.98. The van der Waals surface area contributed by atoms with E-state index in [9.17, 15) is 0 Å². The van der Waals surface area contributed by atoms with Gasteiger partial charge in [-0.25, -0.2) is 4.98 Å². The van der Waals surface area contributed by atoms with E-state index in [0.717, 1.165) is 22.5 Å². The predicted molar refractivity (Wildman–Crippen MR) is 57.3 cm³/mol. The van der Waals surface area contributed by atoms with Crippen LogP contribution >= 0.6 is 27.5 Å². The topological polar surface area (TPSA) is 31.0 Å². The summed E-state index contributed by atoms with van der Waals surface area (Å²) in [7, 11) is 0. The number of hydrogen-bond acceptors (Lipinski definition) is 2. The molecule has 0 aromatic carbocycles. The summed E-state index contributed by atoms with van der Waals surface area (Å²) in [6, 6.07) is 1.93. The highest BCUT2D eigenvalue weighted by atomic mass is 79.9. The van der Waals surface area contributed by atoms with Gasteiger partial charge >= 0.3 is 0 Å². The number of imidazole rings is 1. The molecule has 14 heavy (non-hydrogen) atoms. The molecule has 0 unspecified atom stereocenters. The SMILES string of the molecule is ClCc1cn(Cc2coc(Br)c2)cn1. The minimum absolute atomic E-state index is 0.447. The second kappa shape index (κ2) is 4.19. The van der Waals surface area contributed by atoms with Crippen LogP contribution in [0.1, 0.15) is 11.3 Å². The molecule has 2 aromatic rings. The molecule has 0 fully saturated rings. The van der Waals surface area contributed by atoms with Crippen LogP contribution in [0.5, 0.6) is 0 Å². The summed E-state index contributed by atoms with van der Waals surface area (Å²) < 4.78 is 7.83. The lowest BCUT2D eigenvalue weighted by atomic mass is 10.3. The van der Waals surface area contributed by atoms with Crippen molar-refractivity contribution in [2.24, 2.45) is 0 Å². The van der Waals surface area contributed by atoms with Gasteiger partial charge in [-0.05, 0) is 22.0 Å². The second-order valence-electron chi connectivity index (χ2n) is 2.93. The average molecular weight is 276 g/mol. The maximum atomic E-state index is 5.65. The van der Waals surface area contributed by atoms with Crippen molar-refractivity contribution in [3.05, 3.63) is 40.8 Å². The molecule has 74 valence electrons. The standard InChI is InChI=1S/C9H8BrClN2O/c10-9-1-7(5-14-9)3-13-4-8(2-11)12-6-13/h1,4-6H,2-3H2. The van der Waals surface area contributed by atoms with Crippen molar-refractivity contribution in [2.75, 3.05) is 0 Å². The fourth-order valence-electron chi connectivity index (χ4n) is 1.20. The Balaban J connectivity index is 2.10. The third kappa shape index (κ3) is 2.19. The third-order valence-electron chi connectivity index (χ3n) is 1.81. The highest BCUT2D eigenvalue weighted by Gasteiger charge is 2.01. The first-order valence-electron chi connectivity index (χ1n) is 4.07. The van der Waals surface area contributed by atoms with E-state index < -0.39 is 0 Å². The first-order chi connectivity index (χ1) is 6.78. The van der Waals surface area contributed by atoms with Crippen LogP contribution in [0.25, 0.3) is 0 Å². The van der Waals surface area contributed by atoms with Crippen LogP contribution in [0.2, 0.25) is 0 Å². The average Bonchev–Trinajstić information content (AvgIpc) is 2.76. The van der Waals surface area contributed by atoms with Gasteiger partial charge < -0.3 is 8.98 Å². The molecule has 0 saturated carbocycles. The van der Waals surface area contributed by atoms with E-state index in [1.165, 1.54) is 0 Å². The van der Waals surface area contributed by atoms with Crippen molar-refractivity contribution >= 4 is 27.5 Å². The monoisotopic (exact) mass is 274 g/mol. The molecule has 2 aromatic heterocycles. The number of rotatable bonds is 3. The molecule has 2 heterocycles. The first-order valence-corrected chi connectivity index (χ1v) is 5.40. The molecule has 0 amide bonds. The van der Waals surface area contributed by atoms with E-state index >= 15 is 0 Å². The van der Waals surface area contributed by atoms with E-state index in [4.69, 9.17) is 16.0 Å². The molecule has 0 aliphatic carbocycles. The Morgan fingerprint density at radius 2 is 2.43 bits per heavy atom. The number of alkyl halides is 1. The van der Waals surface area contributed by atoms with Crippen molar-refractivity contribution in [3.63, 3.8) is 0 Å². The lowest BCUT2D eigenvalue weighted by Crippen LogP contribution is -1.94. The van der Waals surface area contributed by atoms with Crippen LogP contribution < -0.4 is 0 Å². The minimum Gasteiger partial charge on any atom is -0.457 e. The van der Waals surface area contributed by atoms with Crippen LogP contribution in [0.15, 0.2) is 33.9 Å². The number of furan rings is 1. The zero-order valence-corrected chi connectivity index (χ0v) is 9.62. The molecular formula is C9H8BrClN2O. The van der Waals surface area contributed by atoms with Crippen LogP contribution in [0.4, 0.5) is 0 Å². The summed E-state index contributed by atoms with van der Waals surface area (Å²) in [5, 5.41) is 0. The molecule has 0 atom stereocenters. The van der Waals surface area contributed by atoms with Crippen LogP contribution in [0, 0.1) is 0 Å². The maximum absolute atomic E-state index is 5.65. The summed E-state index contributed by atoms with van der Waals surface area (Å²) in [6.45, 7) is 0.749. The number of hydrogen-bond donors (Lipinski definition) is 0. The van der Waals surface area contributed by atoms with Crippen LogP contribution in [0.3, 0.4) is 0 Å². The quantitative estimate of drug-likeness (QED) is 0.806. The van der Waals surface area contributed by atoms with Gasteiger partial charge in [-0.3, -0.25) is 0 Å². The lowest BCUT2D eigenvalue weighted by molar-refractivity contribution is 0.537. The zero-order chi connectivity index (χ0) is 9.97. The summed E-state index contributed by atoms with van der Waals surface area (Å²) >= 11 is 8.90. The largest absolute Gasteiger partial charge is 0.457 e. The molecule has 0 bridgehead atoms. The van der Waals surface area contributed by atoms with Crippen molar-refractivity contribution in [1.82, 2.24) is 9.55 Å². The molecule has 0 aliphatic rings. The Morgan fingerprint density at radius 1 is 1.57 bits per heavy atom. The summed E-state index contributed by atoms with van der Waals surface area (Å²) in [5.41, 5.74) is 1.98. The van der Waals surface area contributed by atoms with Gasteiger partial charge in [-0.2, -0.15) is 0 Å². The number of aromatic nitrogens is 2. The molecule has 0 radical (unpaired) electrons. The highest BCUT2D eigenvalue weighted by molar-refractivity contribution is 9.10. The number of halogens is 2. The number of nitrogens with zero attached hydrogens (tertiary/aromatic N) is 2. The van der Waals surface area contributed by atoms with E-state index in [1.54, 1.807) is 12.6 Å². The van der Waals surface area contributed by atoms with Crippen molar-refractivity contribution in [1.29, 1.82) is 0 Å². The Bertz CT molecular complexity index is 424. The van der Waals surface area contributed by atoms with Gasteiger partial charge in [0.25, 0.3) is 0 Å². The van der Waals surface area contributed by atoms with E-state index in [1.807, 2.05) is 16.8 Å². The van der Waals surface area contributed by atoms with E-state index in [2.05, 4.69) is 20.9 Å². The molecule has 2 rings (SSSR count). The molecular weight excluding hydrogens is 267 g/mol. The van der Waals surface area contributed by atoms with Gasteiger partial charge in [0.2, 0.25) is 0 Å². The summed E-state index contributed by atoms with van der Waals surface area (Å²) in [4.78, 5) is 4.13. The van der Waals surface area contributed by atoms with Crippen molar-refractivity contribution in [2.45, 2.75) is 12.4 Å². The molecule has 0 spiro atoms. The highest BCUT2D eigenvalue weighted by Crippen LogP contribution is 2.15. The van der Waals surface area contributed by atoms with Gasteiger partial charge in [-0.1, -0.05) is 0 Å². The maximum Gasteiger partial charge on any atom is 0.169 e. The van der Waals surface area contributed by atoms with Gasteiger partial charge in [0.15, 0.2) is 4.67 Å². The predicted octanol–water partition coefficient (Wildman–Crippen LogP) is 3.03. The minimum atomic E-state index is 0.447. The molecule has 5 heteroatoms. The summed E-state index contributed by atoms with van der Waals surface area (Å²) in [5.74, 6) is 0.447. The van der Waals surface area contributed by atoms with E-state index in [0.29, 0.717) is 5.88 Å². The molecule has 0 aliphatic heterocycles. The summed E-state index contributed by atoms with van der Waals surface area (Å²) in [6.07, 6.45) is 5.40. The molecule has 0 saturated heterocycles. The fourth-order valence-corrected chi connectivity index (χ4v) is 1.73. The van der Waals surface area contributed by atoms with Gasteiger partial charge in [0.1, 0.15) is 0 Å². The lowest BCUT2D eigenvalue weighted by Gasteiger charge is -1.96. The Morgan fingerprint density at radius 3 is 3.00 bits per heavy atom. The fraction of sp³-hybridized carbons (Fsp3) is 0.222. The smallest absolute Gasteiger partial charge is 0.169 e. The van der Waals surface area contributed by atoms with Crippen molar-refractivity contribution in [3.8, 4) is 0 Å². The zero-order valence-electron chi connectivity index (χ0n) is 7.28. The molecule has 0 N–H and O–H groups in total. The van der Waals surface area contributed by atoms with E-state index in [-0.39, 0.29) is 0 Å². The third-order valence-corrected chi connectivity index (χ3v) is 2.50. The van der Waals surface area contributed by atoms with Gasteiger partial charge in [0.05, 0.1) is 30.7 Å². The van der Waals surface area contributed by atoms with Crippen LogP contribution in [-0.4, -0.2) is 9.55 Å². The molecule has 3 nitrogen and oxygen atoms in total. The first kappa shape index (κ1) is 9.80. The van der Waals surface area contributed by atoms with Crippen molar-refractivity contribution < 1.29 is 4.42 Å². The van der Waals surface area contributed by atoms with Gasteiger partial charge in [0, 0.05) is 11.8 Å². The Labute approximate surface area is 94.8 Å².